The van der Waals surface area contributed by atoms with Crippen molar-refractivity contribution in [2.75, 3.05) is 21.1 Å². The number of rotatable bonds is 19. The summed E-state index contributed by atoms with van der Waals surface area (Å²) >= 11 is 0. The van der Waals surface area contributed by atoms with E-state index in [-0.39, 0.29) is 0 Å². The van der Waals surface area contributed by atoms with E-state index in [1.54, 1.807) is 0 Å². The molecule has 166 valence electrons. The Morgan fingerprint density at radius 3 is 1.50 bits per heavy atom. The van der Waals surface area contributed by atoms with Crippen molar-refractivity contribution >= 4 is 7.68 Å². The van der Waals surface area contributed by atoms with Crippen molar-refractivity contribution in [3.8, 4) is 0 Å². The van der Waals surface area contributed by atoms with Crippen molar-refractivity contribution in [1.29, 1.82) is 0 Å². The quantitative estimate of drug-likeness (QED) is 0.0920. The molecule has 0 aromatic rings. The van der Waals surface area contributed by atoms with Gasteiger partial charge in [-0.05, 0) is 25.7 Å². The number of hydrogen-bond acceptors (Lipinski definition) is 2. The number of unbranched alkanes of at least 4 members (excludes halogenated alkanes) is 12. The molecule has 0 aromatic carbocycles. The first-order chi connectivity index (χ1) is 13.3. The van der Waals surface area contributed by atoms with Gasteiger partial charge in [0.25, 0.3) is 0 Å². The molecule has 0 amide bonds. The number of quaternary nitrogens is 1. The molecular formula is C24H49NO2P+. The summed E-state index contributed by atoms with van der Waals surface area (Å²) < 4.78 is 24.3. The average Bonchev–Trinajstić information content (AvgIpc) is 2.63. The van der Waals surface area contributed by atoms with Crippen LogP contribution in [0.2, 0.25) is 0 Å². The predicted molar refractivity (Wildman–Crippen MR) is 123 cm³/mol. The van der Waals surface area contributed by atoms with Crippen molar-refractivity contribution in [3.05, 3.63) is 12.2 Å². The molecule has 0 N–H and O–H groups in total. The molecule has 3 nitrogen and oxygen atoms in total. The zero-order valence-electron chi connectivity index (χ0n) is 19.7. The highest BCUT2D eigenvalue weighted by Crippen LogP contribution is 2.43. The van der Waals surface area contributed by atoms with Crippen LogP contribution < -0.4 is 0 Å². The summed E-state index contributed by atoms with van der Waals surface area (Å²) in [6.45, 7) is 4.24. The lowest BCUT2D eigenvalue weighted by molar-refractivity contribution is -0.908. The summed E-state index contributed by atoms with van der Waals surface area (Å²) in [4.78, 5) is 0. The standard InChI is InChI=1S/C24H49NO2P/c1-6-8-9-10-11-12-13-14-15-16-17-18-19-20-21-22-23-24(7-2,28(26)27)25(3,4)5/h9-10H,6-8,11-23H2,1-5H3/q+1. The Bertz CT molecular complexity index is 458. The SMILES string of the molecule is CCCC=CCCCCCCCCCCCCCC(CC)(P(=O)=O)[N+](C)(C)C. The van der Waals surface area contributed by atoms with Gasteiger partial charge in [0.1, 0.15) is 0 Å². The van der Waals surface area contributed by atoms with Gasteiger partial charge in [-0.25, -0.2) is 9.13 Å². The summed E-state index contributed by atoms with van der Waals surface area (Å²) in [5, 5.41) is -0.596. The molecule has 0 radical (unpaired) electrons. The van der Waals surface area contributed by atoms with Gasteiger partial charge in [-0.15, -0.1) is 0 Å². The third-order valence-electron chi connectivity index (χ3n) is 6.22. The van der Waals surface area contributed by atoms with E-state index in [1.807, 2.05) is 28.1 Å². The van der Waals surface area contributed by atoms with Gasteiger partial charge in [-0.1, -0.05) is 90.2 Å². The largest absolute Gasteiger partial charge is 0.378 e. The van der Waals surface area contributed by atoms with E-state index in [1.165, 1.54) is 77.0 Å². The lowest BCUT2D eigenvalue weighted by Gasteiger charge is -2.40. The molecule has 0 aliphatic heterocycles. The molecule has 0 aliphatic rings. The fourth-order valence-corrected chi connectivity index (χ4v) is 5.20. The van der Waals surface area contributed by atoms with E-state index in [2.05, 4.69) is 19.1 Å². The fourth-order valence-electron chi connectivity index (χ4n) is 4.12. The summed E-state index contributed by atoms with van der Waals surface area (Å²) in [5.74, 6) is 0. The normalized spacial score (nSPS) is 14.5. The third-order valence-corrected chi connectivity index (χ3v) is 8.04. The molecule has 0 fully saturated rings. The Labute approximate surface area is 176 Å². The van der Waals surface area contributed by atoms with Crippen LogP contribution in [0, 0.1) is 0 Å². The molecule has 4 heteroatoms. The van der Waals surface area contributed by atoms with E-state index in [0.717, 1.165) is 19.3 Å². The highest BCUT2D eigenvalue weighted by Gasteiger charge is 2.46. The summed E-state index contributed by atoms with van der Waals surface area (Å²) in [7, 11) is 3.62. The highest BCUT2D eigenvalue weighted by atomic mass is 31.1. The van der Waals surface area contributed by atoms with Crippen molar-refractivity contribution in [1.82, 2.24) is 0 Å². The molecule has 0 aromatic heterocycles. The Morgan fingerprint density at radius 2 is 1.11 bits per heavy atom. The molecule has 1 atom stereocenters. The molecule has 0 heterocycles. The Morgan fingerprint density at radius 1 is 0.679 bits per heavy atom. The Balaban J connectivity index is 3.62. The molecular weight excluding hydrogens is 365 g/mol. The van der Waals surface area contributed by atoms with Gasteiger partial charge in [0.15, 0.2) is 0 Å². The predicted octanol–water partition coefficient (Wildman–Crippen LogP) is 8.40. The van der Waals surface area contributed by atoms with Gasteiger partial charge in [-0.2, -0.15) is 0 Å². The average molecular weight is 415 g/mol. The van der Waals surface area contributed by atoms with Gasteiger partial charge in [-0.3, -0.25) is 0 Å². The van der Waals surface area contributed by atoms with E-state index >= 15 is 0 Å². The molecule has 0 saturated carbocycles. The first kappa shape index (κ1) is 27.6. The smallest absolute Gasteiger partial charge is 0.314 e. The molecule has 0 saturated heterocycles. The lowest BCUT2D eigenvalue weighted by Crippen LogP contribution is -2.53. The Kier molecular flexibility index (Phi) is 16.2. The molecule has 0 rings (SSSR count). The summed E-state index contributed by atoms with van der Waals surface area (Å²) in [5.41, 5.74) is 0. The van der Waals surface area contributed by atoms with Crippen molar-refractivity contribution in [2.45, 2.75) is 122 Å². The van der Waals surface area contributed by atoms with Crippen LogP contribution >= 0.6 is 7.68 Å². The van der Waals surface area contributed by atoms with Crippen LogP contribution in [-0.2, 0) is 9.13 Å². The third kappa shape index (κ3) is 11.6. The van der Waals surface area contributed by atoms with Crippen LogP contribution in [0.15, 0.2) is 12.2 Å². The molecule has 28 heavy (non-hydrogen) atoms. The van der Waals surface area contributed by atoms with Crippen LogP contribution in [0.3, 0.4) is 0 Å². The molecule has 0 bridgehead atoms. The maximum absolute atomic E-state index is 11.9. The Hall–Kier alpha value is -0.400. The fraction of sp³-hybridized carbons (Fsp3) is 0.917. The second kappa shape index (κ2) is 16.4. The number of allylic oxidation sites excluding steroid dienone is 2. The van der Waals surface area contributed by atoms with Crippen molar-refractivity contribution in [3.63, 3.8) is 0 Å². The van der Waals surface area contributed by atoms with Crippen LogP contribution in [0.1, 0.15) is 117 Å². The van der Waals surface area contributed by atoms with E-state index in [9.17, 15) is 9.13 Å². The van der Waals surface area contributed by atoms with Crippen LogP contribution in [0.25, 0.3) is 0 Å². The number of hydrogen-bond donors (Lipinski definition) is 0. The lowest BCUT2D eigenvalue weighted by atomic mass is 10.0. The van der Waals surface area contributed by atoms with Crippen molar-refractivity contribution < 1.29 is 13.6 Å². The van der Waals surface area contributed by atoms with Crippen LogP contribution in [-0.4, -0.2) is 30.9 Å². The monoisotopic (exact) mass is 414 g/mol. The zero-order chi connectivity index (χ0) is 21.3. The molecule has 0 spiro atoms. The van der Waals surface area contributed by atoms with Gasteiger partial charge >= 0.3 is 7.68 Å². The maximum Gasteiger partial charge on any atom is 0.378 e. The number of nitrogens with zero attached hydrogens (tertiary/aromatic N) is 1. The van der Waals surface area contributed by atoms with Crippen LogP contribution in [0.5, 0.6) is 0 Å². The van der Waals surface area contributed by atoms with Crippen LogP contribution in [0.4, 0.5) is 0 Å². The second-order valence-corrected chi connectivity index (χ2v) is 10.6. The summed E-state index contributed by atoms with van der Waals surface area (Å²) in [6.07, 6.45) is 24.2. The first-order valence-corrected chi connectivity index (χ1v) is 13.1. The minimum Gasteiger partial charge on any atom is -0.314 e. The van der Waals surface area contributed by atoms with Gasteiger partial charge in [0, 0.05) is 12.8 Å². The minimum absolute atomic E-state index is 0.511. The zero-order valence-corrected chi connectivity index (χ0v) is 20.6. The van der Waals surface area contributed by atoms with E-state index in [0.29, 0.717) is 10.9 Å². The second-order valence-electron chi connectivity index (χ2n) is 9.29. The highest BCUT2D eigenvalue weighted by molar-refractivity contribution is 7.32. The van der Waals surface area contributed by atoms with Gasteiger partial charge in [0.05, 0.1) is 21.1 Å². The topological polar surface area (TPSA) is 34.1 Å². The minimum atomic E-state index is -2.41. The maximum atomic E-state index is 11.9. The van der Waals surface area contributed by atoms with Crippen molar-refractivity contribution in [2.24, 2.45) is 0 Å². The molecule has 1 unspecified atom stereocenters. The van der Waals surface area contributed by atoms with E-state index < -0.39 is 13.0 Å². The van der Waals surface area contributed by atoms with Gasteiger partial charge < -0.3 is 4.48 Å². The summed E-state index contributed by atoms with van der Waals surface area (Å²) in [6, 6.07) is 0. The van der Waals surface area contributed by atoms with Gasteiger partial charge in [0.2, 0.25) is 5.28 Å². The first-order valence-electron chi connectivity index (χ1n) is 11.9. The molecule has 0 aliphatic carbocycles. The van der Waals surface area contributed by atoms with E-state index in [4.69, 9.17) is 0 Å².